The first-order valence-corrected chi connectivity index (χ1v) is 13.4. The molecular formula is C34H24ClNO3. The maximum Gasteiger partial charge on any atom is 0.185 e. The second-order valence-electron chi connectivity index (χ2n) is 10.6. The molecule has 0 aromatic heterocycles. The Hall–Kier alpha value is -4.28. The molecule has 1 spiro atoms. The fraction of sp³-hybridized carbons (Fsp3) is 0.147. The second kappa shape index (κ2) is 8.62. The van der Waals surface area contributed by atoms with Gasteiger partial charge in [0, 0.05) is 33.3 Å². The van der Waals surface area contributed by atoms with E-state index in [1.807, 2.05) is 84.6 Å². The van der Waals surface area contributed by atoms with Crippen LogP contribution in [0.5, 0.6) is 0 Å². The average Bonchev–Trinajstić information content (AvgIpc) is 3.39. The fourth-order valence-corrected chi connectivity index (χ4v) is 7.08. The van der Waals surface area contributed by atoms with Gasteiger partial charge < -0.3 is 4.90 Å². The lowest BCUT2D eigenvalue weighted by Crippen LogP contribution is -2.48. The predicted octanol–water partition coefficient (Wildman–Crippen LogP) is 6.96. The molecule has 0 amide bonds. The Morgan fingerprint density at radius 3 is 2.18 bits per heavy atom. The van der Waals surface area contributed by atoms with E-state index >= 15 is 0 Å². The molecule has 4 nitrogen and oxygen atoms in total. The van der Waals surface area contributed by atoms with Crippen LogP contribution in [0.1, 0.15) is 53.7 Å². The standard InChI is InChI=1S/C34H24ClNO3/c1-20-13-15-22(16-14-20)31(37)30-29(23-8-6-9-24(35)19-23)34(32(38)25-10-3-4-11-26(25)33(34)39)28-18-17-21-7-2-5-12-27(21)36(28)30/h2-19,28-30H,1H3/t28-,29+,30-/m1/s1. The smallest absolute Gasteiger partial charge is 0.185 e. The average molecular weight is 530 g/mol. The van der Waals surface area contributed by atoms with E-state index in [0.29, 0.717) is 27.3 Å². The van der Waals surface area contributed by atoms with Gasteiger partial charge in [0.2, 0.25) is 0 Å². The van der Waals surface area contributed by atoms with Crippen LogP contribution in [0.4, 0.5) is 5.69 Å². The number of aryl methyl sites for hydroxylation is 1. The van der Waals surface area contributed by atoms with Gasteiger partial charge in [0.15, 0.2) is 17.3 Å². The van der Waals surface area contributed by atoms with Gasteiger partial charge in [0.05, 0.1) is 6.04 Å². The Balaban J connectivity index is 1.55. The van der Waals surface area contributed by atoms with Crippen molar-refractivity contribution in [1.29, 1.82) is 0 Å². The number of carbonyl (C=O) groups excluding carboxylic acids is 3. The zero-order valence-corrected chi connectivity index (χ0v) is 21.9. The molecular weight excluding hydrogens is 506 g/mol. The van der Waals surface area contributed by atoms with E-state index in [1.165, 1.54) is 0 Å². The van der Waals surface area contributed by atoms with Crippen molar-refractivity contribution in [2.45, 2.75) is 24.9 Å². The highest BCUT2D eigenvalue weighted by atomic mass is 35.5. The van der Waals surface area contributed by atoms with Crippen LogP contribution in [-0.4, -0.2) is 29.4 Å². The third-order valence-electron chi connectivity index (χ3n) is 8.53. The number of hydrogen-bond donors (Lipinski definition) is 0. The SMILES string of the molecule is Cc1ccc(C(=O)[C@H]2[C@H](c3cccc(Cl)c3)C3(C(=O)c4ccccc4C3=O)[C@H]3C=Cc4ccccc4N23)cc1. The van der Waals surface area contributed by atoms with Gasteiger partial charge in [-0.1, -0.05) is 108 Å². The minimum Gasteiger partial charge on any atom is -0.352 e. The zero-order valence-electron chi connectivity index (χ0n) is 21.2. The molecule has 2 heterocycles. The molecule has 1 saturated heterocycles. The molecule has 0 N–H and O–H groups in total. The molecule has 39 heavy (non-hydrogen) atoms. The van der Waals surface area contributed by atoms with Crippen molar-refractivity contribution in [3.8, 4) is 0 Å². The maximum atomic E-state index is 14.6. The van der Waals surface area contributed by atoms with Crippen LogP contribution in [0.25, 0.3) is 6.08 Å². The molecule has 1 aliphatic carbocycles. The molecule has 3 aliphatic rings. The summed E-state index contributed by atoms with van der Waals surface area (Å²) in [5.41, 5.74) is 3.34. The Labute approximate surface area is 231 Å². The van der Waals surface area contributed by atoms with Crippen LogP contribution < -0.4 is 4.90 Å². The summed E-state index contributed by atoms with van der Waals surface area (Å²) in [4.78, 5) is 45.8. The van der Waals surface area contributed by atoms with Gasteiger partial charge in [-0.3, -0.25) is 14.4 Å². The number of hydrogen-bond acceptors (Lipinski definition) is 4. The number of benzene rings is 4. The normalized spacial score (nSPS) is 22.1. The highest BCUT2D eigenvalue weighted by Gasteiger charge is 2.71. The molecule has 4 aromatic carbocycles. The zero-order chi connectivity index (χ0) is 26.9. The van der Waals surface area contributed by atoms with Crippen LogP contribution in [0, 0.1) is 12.3 Å². The van der Waals surface area contributed by atoms with Crippen molar-refractivity contribution in [1.82, 2.24) is 0 Å². The maximum absolute atomic E-state index is 14.6. The first-order chi connectivity index (χ1) is 18.9. The first kappa shape index (κ1) is 23.8. The number of carbonyl (C=O) groups is 3. The van der Waals surface area contributed by atoms with E-state index in [0.717, 1.165) is 16.8 Å². The van der Waals surface area contributed by atoms with Crippen molar-refractivity contribution >= 4 is 40.7 Å². The number of Topliss-reactive ketones (excluding diaryl/α,β-unsaturated/α-hetero) is 3. The van der Waals surface area contributed by atoms with Crippen LogP contribution in [0.15, 0.2) is 103 Å². The van der Waals surface area contributed by atoms with Crippen LogP contribution in [-0.2, 0) is 0 Å². The van der Waals surface area contributed by atoms with Crippen LogP contribution >= 0.6 is 11.6 Å². The number of fused-ring (bicyclic) bond motifs is 5. The number of para-hydroxylation sites is 1. The molecule has 4 aromatic rings. The lowest BCUT2D eigenvalue weighted by molar-refractivity contribution is 0.0666. The summed E-state index contributed by atoms with van der Waals surface area (Å²) in [6.07, 6.45) is 3.90. The van der Waals surface area contributed by atoms with Crippen LogP contribution in [0.2, 0.25) is 5.02 Å². The molecule has 0 bridgehead atoms. The topological polar surface area (TPSA) is 54.5 Å². The molecule has 190 valence electrons. The van der Waals surface area contributed by atoms with E-state index in [-0.39, 0.29) is 17.3 Å². The number of rotatable bonds is 3. The van der Waals surface area contributed by atoms with Crippen molar-refractivity contribution < 1.29 is 14.4 Å². The summed E-state index contributed by atoms with van der Waals surface area (Å²) >= 11 is 6.49. The number of nitrogens with zero attached hydrogens (tertiary/aromatic N) is 1. The number of ketones is 3. The molecule has 3 atom stereocenters. The van der Waals surface area contributed by atoms with Gasteiger partial charge in [0.25, 0.3) is 0 Å². The molecule has 2 aliphatic heterocycles. The van der Waals surface area contributed by atoms with Crippen molar-refractivity contribution in [3.63, 3.8) is 0 Å². The highest BCUT2D eigenvalue weighted by molar-refractivity contribution is 6.32. The monoisotopic (exact) mass is 529 g/mol. The molecule has 1 fully saturated rings. The first-order valence-electron chi connectivity index (χ1n) is 13.0. The third-order valence-corrected chi connectivity index (χ3v) is 8.76. The summed E-state index contributed by atoms with van der Waals surface area (Å²) < 4.78 is 0. The van der Waals surface area contributed by atoms with Gasteiger partial charge in [-0.25, -0.2) is 0 Å². The summed E-state index contributed by atoms with van der Waals surface area (Å²) in [5, 5.41) is 0.486. The molecule has 0 unspecified atom stereocenters. The Bertz CT molecular complexity index is 1690. The summed E-state index contributed by atoms with van der Waals surface area (Å²) in [6.45, 7) is 1.97. The van der Waals surface area contributed by atoms with Crippen LogP contribution in [0.3, 0.4) is 0 Å². The van der Waals surface area contributed by atoms with Gasteiger partial charge in [-0.15, -0.1) is 0 Å². The molecule has 7 rings (SSSR count). The van der Waals surface area contributed by atoms with E-state index in [1.54, 1.807) is 36.4 Å². The summed E-state index contributed by atoms with van der Waals surface area (Å²) in [6, 6.07) is 28.1. The van der Waals surface area contributed by atoms with E-state index < -0.39 is 23.4 Å². The predicted molar refractivity (Wildman–Crippen MR) is 153 cm³/mol. The van der Waals surface area contributed by atoms with Crippen molar-refractivity contribution in [2.24, 2.45) is 5.41 Å². The van der Waals surface area contributed by atoms with Gasteiger partial charge in [-0.2, -0.15) is 0 Å². The molecule has 0 saturated carbocycles. The van der Waals surface area contributed by atoms with Gasteiger partial charge in [-0.05, 0) is 36.2 Å². The Morgan fingerprint density at radius 1 is 0.821 bits per heavy atom. The Kier molecular flexibility index (Phi) is 5.26. The summed E-state index contributed by atoms with van der Waals surface area (Å²) in [5.74, 6) is -1.39. The number of halogens is 1. The highest BCUT2D eigenvalue weighted by Crippen LogP contribution is 2.61. The fourth-order valence-electron chi connectivity index (χ4n) is 6.88. The van der Waals surface area contributed by atoms with Gasteiger partial charge >= 0.3 is 0 Å². The largest absolute Gasteiger partial charge is 0.352 e. The quantitative estimate of drug-likeness (QED) is 0.212. The van der Waals surface area contributed by atoms with E-state index in [2.05, 4.69) is 0 Å². The van der Waals surface area contributed by atoms with Crippen molar-refractivity contribution in [3.05, 3.63) is 142 Å². The second-order valence-corrected chi connectivity index (χ2v) is 11.0. The lowest BCUT2D eigenvalue weighted by atomic mass is 9.64. The number of anilines is 1. The minimum atomic E-state index is -1.52. The minimum absolute atomic E-state index is 0.136. The molecule has 5 heteroatoms. The van der Waals surface area contributed by atoms with Gasteiger partial charge in [0.1, 0.15) is 11.5 Å². The summed E-state index contributed by atoms with van der Waals surface area (Å²) in [7, 11) is 0. The molecule has 0 radical (unpaired) electrons. The lowest BCUT2D eigenvalue weighted by Gasteiger charge is -2.37. The van der Waals surface area contributed by atoms with E-state index in [4.69, 9.17) is 11.6 Å². The van der Waals surface area contributed by atoms with Crippen molar-refractivity contribution in [2.75, 3.05) is 4.90 Å². The van der Waals surface area contributed by atoms with E-state index in [9.17, 15) is 14.4 Å². The Morgan fingerprint density at radius 2 is 1.49 bits per heavy atom. The third kappa shape index (κ3) is 3.22.